The summed E-state index contributed by atoms with van der Waals surface area (Å²) in [7, 11) is -7.17. The maximum Gasteiger partial charge on any atom is 0.460 e. The normalized spacial score (nSPS) is 14.4. The Morgan fingerprint density at radius 1 is 0.750 bits per heavy atom. The maximum atomic E-state index is 12.2. The zero-order valence-electron chi connectivity index (χ0n) is 12.6. The van der Waals surface area contributed by atoms with E-state index in [9.17, 15) is 47.9 Å². The van der Waals surface area contributed by atoms with E-state index in [1.54, 1.807) is 0 Å². The van der Waals surface area contributed by atoms with Gasteiger partial charge in [-0.2, -0.15) is 47.9 Å². The van der Waals surface area contributed by atoms with Gasteiger partial charge < -0.3 is 4.90 Å². The molecule has 0 aliphatic heterocycles. The van der Waals surface area contributed by atoms with Crippen molar-refractivity contribution in [3.8, 4) is 0 Å². The summed E-state index contributed by atoms with van der Waals surface area (Å²) in [6.07, 6.45) is -7.13. The molecular formula is C10H16F9NO3S. The van der Waals surface area contributed by atoms with Gasteiger partial charge in [0.2, 0.25) is 0 Å². The lowest BCUT2D eigenvalue weighted by Gasteiger charge is -2.31. The molecule has 0 atom stereocenters. The largest absolute Gasteiger partial charge is 0.460 e. The van der Waals surface area contributed by atoms with Crippen molar-refractivity contribution in [1.29, 1.82) is 0 Å². The van der Waals surface area contributed by atoms with Gasteiger partial charge >= 0.3 is 33.4 Å². The Bertz CT molecular complexity index is 481. The lowest BCUT2D eigenvalue weighted by molar-refractivity contribution is -0.382. The first-order valence-electron chi connectivity index (χ1n) is 6.24. The van der Waals surface area contributed by atoms with Crippen molar-refractivity contribution >= 4 is 10.1 Å². The number of rotatable bonds is 6. The Labute approximate surface area is 132 Å². The molecule has 0 unspecified atom stereocenters. The smallest absolute Gasteiger partial charge is 0.304 e. The summed E-state index contributed by atoms with van der Waals surface area (Å²) in [6.45, 7) is 10.1. The van der Waals surface area contributed by atoms with Gasteiger partial charge in [-0.05, 0) is 19.6 Å². The van der Waals surface area contributed by atoms with Crippen LogP contribution in [0, 0.1) is 0 Å². The van der Waals surface area contributed by atoms with Gasteiger partial charge in [0, 0.05) is 0 Å². The second-order valence-electron chi connectivity index (χ2n) is 4.26. The molecule has 24 heavy (non-hydrogen) atoms. The van der Waals surface area contributed by atoms with Crippen LogP contribution < -0.4 is 0 Å². The number of nitrogens with zero attached hydrogens (tertiary/aromatic N) is 1. The highest BCUT2D eigenvalue weighted by atomic mass is 32.2. The Kier molecular flexibility index (Phi) is 8.58. The molecule has 0 aromatic carbocycles. The molecule has 0 saturated carbocycles. The zero-order chi connectivity index (χ0) is 20.2. The van der Waals surface area contributed by atoms with Gasteiger partial charge in [-0.3, -0.25) is 4.55 Å². The van der Waals surface area contributed by atoms with Gasteiger partial charge in [0.25, 0.3) is 0 Å². The highest BCUT2D eigenvalue weighted by molar-refractivity contribution is 7.87. The molecule has 0 amide bonds. The van der Waals surface area contributed by atoms with Crippen molar-refractivity contribution in [3.63, 3.8) is 0 Å². The Morgan fingerprint density at radius 3 is 1.17 bits per heavy atom. The molecule has 0 aromatic rings. The molecule has 0 aliphatic rings. The minimum absolute atomic E-state index is 1.19. The lowest BCUT2D eigenvalue weighted by Crippen LogP contribution is -2.63. The zero-order valence-corrected chi connectivity index (χ0v) is 13.5. The van der Waals surface area contributed by atoms with E-state index >= 15 is 0 Å². The predicted octanol–water partition coefficient (Wildman–Crippen LogP) is 3.65. The SMILES string of the molecule is CCN(CC)CC.O=S(=O)(O)C(F)(F)C(F)(F)C(F)(F)C(F)(F)F. The van der Waals surface area contributed by atoms with Crippen LogP contribution in [0.1, 0.15) is 20.8 Å². The van der Waals surface area contributed by atoms with Crippen LogP contribution in [0.5, 0.6) is 0 Å². The van der Waals surface area contributed by atoms with Crippen molar-refractivity contribution in [2.75, 3.05) is 19.6 Å². The number of alkyl halides is 9. The third kappa shape index (κ3) is 5.12. The molecule has 1 N–H and O–H groups in total. The Morgan fingerprint density at radius 2 is 1.04 bits per heavy atom. The molecule has 0 bridgehead atoms. The van der Waals surface area contributed by atoms with E-state index in [0.29, 0.717) is 0 Å². The lowest BCUT2D eigenvalue weighted by atomic mass is 10.1. The average Bonchev–Trinajstić information content (AvgIpc) is 2.38. The third-order valence-corrected chi connectivity index (χ3v) is 3.69. The summed E-state index contributed by atoms with van der Waals surface area (Å²) in [5, 5.41) is -7.00. The van der Waals surface area contributed by atoms with Crippen molar-refractivity contribution in [2.24, 2.45) is 0 Å². The molecule has 14 heteroatoms. The fraction of sp³-hybridized carbons (Fsp3) is 1.00. The maximum absolute atomic E-state index is 12.2. The van der Waals surface area contributed by atoms with E-state index in [4.69, 9.17) is 4.55 Å². The molecule has 0 spiro atoms. The summed E-state index contributed by atoms with van der Waals surface area (Å²) in [6, 6.07) is 0. The Hall–Kier alpha value is -0.760. The average molecular weight is 401 g/mol. The van der Waals surface area contributed by atoms with Gasteiger partial charge in [0.15, 0.2) is 0 Å². The first kappa shape index (κ1) is 25.5. The molecule has 0 aromatic heterocycles. The fourth-order valence-corrected chi connectivity index (χ4v) is 1.65. The standard InChI is InChI=1S/C6H15N.C4HF9O3S/c1-4-7(5-2)6-3;5-1(6,3(9,10)11)2(7,8)4(12,13)17(14,15)16/h4-6H2,1-3H3;(H,14,15,16). The predicted molar refractivity (Wildman–Crippen MR) is 65.9 cm³/mol. The van der Waals surface area contributed by atoms with Crippen LogP contribution in [0.2, 0.25) is 0 Å². The summed E-state index contributed by atoms with van der Waals surface area (Å²) in [5.74, 6) is -14.7. The highest BCUT2D eigenvalue weighted by Gasteiger charge is 2.85. The van der Waals surface area contributed by atoms with Crippen LogP contribution in [0.3, 0.4) is 0 Å². The third-order valence-electron chi connectivity index (χ3n) is 2.78. The van der Waals surface area contributed by atoms with Crippen molar-refractivity contribution in [3.05, 3.63) is 0 Å². The molecule has 4 nitrogen and oxygen atoms in total. The van der Waals surface area contributed by atoms with Gasteiger partial charge in [0.05, 0.1) is 0 Å². The first-order chi connectivity index (χ1) is 10.3. The minimum atomic E-state index is -7.37. The molecule has 0 radical (unpaired) electrons. The highest BCUT2D eigenvalue weighted by Crippen LogP contribution is 2.54. The summed E-state index contributed by atoms with van der Waals surface area (Å²) < 4.78 is 134. The van der Waals surface area contributed by atoms with Crippen LogP contribution in [0.25, 0.3) is 0 Å². The molecule has 0 aliphatic carbocycles. The summed E-state index contributed by atoms with van der Waals surface area (Å²) in [4.78, 5) is 2.38. The van der Waals surface area contributed by atoms with Crippen molar-refractivity contribution in [1.82, 2.24) is 4.90 Å². The number of halogens is 9. The van der Waals surface area contributed by atoms with Crippen molar-refractivity contribution < 1.29 is 52.5 Å². The van der Waals surface area contributed by atoms with Gasteiger partial charge in [-0.25, -0.2) is 0 Å². The van der Waals surface area contributed by atoms with Crippen LogP contribution in [-0.2, 0) is 10.1 Å². The molecule has 0 saturated heterocycles. The van der Waals surface area contributed by atoms with Crippen molar-refractivity contribution in [2.45, 2.75) is 44.0 Å². The number of hydrogen-bond acceptors (Lipinski definition) is 3. The molecule has 148 valence electrons. The number of hydrogen-bond donors (Lipinski definition) is 1. The molecule has 0 fully saturated rings. The van der Waals surface area contributed by atoms with E-state index in [0.717, 1.165) is 0 Å². The monoisotopic (exact) mass is 401 g/mol. The second-order valence-corrected chi connectivity index (χ2v) is 5.72. The van der Waals surface area contributed by atoms with Crippen LogP contribution >= 0.6 is 0 Å². The van der Waals surface area contributed by atoms with Crippen LogP contribution in [0.15, 0.2) is 0 Å². The van der Waals surface area contributed by atoms with Gasteiger partial charge in [-0.1, -0.05) is 20.8 Å². The topological polar surface area (TPSA) is 57.6 Å². The van der Waals surface area contributed by atoms with Gasteiger partial charge in [-0.15, -0.1) is 0 Å². The van der Waals surface area contributed by atoms with Crippen LogP contribution in [0.4, 0.5) is 39.5 Å². The molecule has 0 heterocycles. The summed E-state index contributed by atoms with van der Waals surface area (Å²) >= 11 is 0. The van der Waals surface area contributed by atoms with Crippen LogP contribution in [-0.4, -0.2) is 60.8 Å². The first-order valence-corrected chi connectivity index (χ1v) is 7.68. The Balaban J connectivity index is 0. The quantitative estimate of drug-likeness (QED) is 0.545. The molecular weight excluding hydrogens is 385 g/mol. The van der Waals surface area contributed by atoms with E-state index in [1.807, 2.05) is 0 Å². The van der Waals surface area contributed by atoms with E-state index in [-0.39, 0.29) is 0 Å². The molecule has 0 rings (SSSR count). The van der Waals surface area contributed by atoms with Gasteiger partial charge in [0.1, 0.15) is 0 Å². The summed E-state index contributed by atoms with van der Waals surface area (Å²) in [5.41, 5.74) is 0. The van der Waals surface area contributed by atoms with E-state index in [2.05, 4.69) is 25.7 Å². The second kappa shape index (κ2) is 8.08. The fourth-order valence-electron chi connectivity index (χ4n) is 1.19. The van der Waals surface area contributed by atoms with E-state index < -0.39 is 33.4 Å². The van der Waals surface area contributed by atoms with E-state index in [1.165, 1.54) is 19.6 Å². The minimum Gasteiger partial charge on any atom is -0.304 e.